The first-order valence-electron chi connectivity index (χ1n) is 4.67. The van der Waals surface area contributed by atoms with Gasteiger partial charge in [-0.2, -0.15) is 0 Å². The van der Waals surface area contributed by atoms with E-state index in [9.17, 15) is 10.1 Å². The normalized spacial score (nSPS) is 10.7. The molecule has 0 saturated heterocycles. The highest BCUT2D eigenvalue weighted by Crippen LogP contribution is 2.22. The molecule has 0 saturated carbocycles. The van der Waals surface area contributed by atoms with Crippen molar-refractivity contribution < 1.29 is 4.92 Å². The van der Waals surface area contributed by atoms with Crippen LogP contribution in [0.3, 0.4) is 0 Å². The zero-order valence-electron chi connectivity index (χ0n) is 8.66. The van der Waals surface area contributed by atoms with Crippen LogP contribution in [0.1, 0.15) is 19.4 Å². The maximum Gasteiger partial charge on any atom is 0.270 e. The molecule has 15 heavy (non-hydrogen) atoms. The summed E-state index contributed by atoms with van der Waals surface area (Å²) in [7, 11) is 0. The number of halogens is 1. The molecule has 0 heterocycles. The number of nitro groups is 1. The van der Waals surface area contributed by atoms with Crippen LogP contribution in [-0.2, 0) is 6.54 Å². The first-order valence-corrected chi connectivity index (χ1v) is 5.04. The first-order chi connectivity index (χ1) is 7.00. The Morgan fingerprint density at radius 1 is 1.53 bits per heavy atom. The fourth-order valence-corrected chi connectivity index (χ4v) is 1.35. The molecule has 0 aliphatic carbocycles. The fraction of sp³-hybridized carbons (Fsp3) is 0.400. The van der Waals surface area contributed by atoms with Crippen LogP contribution in [-0.4, -0.2) is 11.0 Å². The summed E-state index contributed by atoms with van der Waals surface area (Å²) in [5, 5.41) is 14.1. The minimum absolute atomic E-state index is 0.0216. The molecule has 82 valence electrons. The zero-order valence-corrected chi connectivity index (χ0v) is 9.41. The molecule has 0 unspecified atom stereocenters. The number of non-ortho nitro benzene ring substituents is 1. The van der Waals surface area contributed by atoms with E-state index in [1.807, 2.05) is 13.8 Å². The van der Waals surface area contributed by atoms with Crippen molar-refractivity contribution in [3.63, 3.8) is 0 Å². The van der Waals surface area contributed by atoms with E-state index in [1.54, 1.807) is 6.07 Å². The lowest BCUT2D eigenvalue weighted by atomic mass is 10.2. The molecule has 0 bridgehead atoms. The minimum atomic E-state index is -0.453. The lowest BCUT2D eigenvalue weighted by Crippen LogP contribution is -2.21. The van der Waals surface area contributed by atoms with Crippen LogP contribution in [0.15, 0.2) is 18.2 Å². The van der Waals surface area contributed by atoms with Gasteiger partial charge in [-0.25, -0.2) is 0 Å². The van der Waals surface area contributed by atoms with E-state index in [1.165, 1.54) is 12.1 Å². The average Bonchev–Trinajstić information content (AvgIpc) is 2.15. The third-order valence-electron chi connectivity index (χ3n) is 1.95. The molecular formula is C10H13ClN2O2. The van der Waals surface area contributed by atoms with Crippen molar-refractivity contribution >= 4 is 17.3 Å². The molecule has 0 fully saturated rings. The number of hydrogen-bond donors (Lipinski definition) is 1. The highest BCUT2D eigenvalue weighted by Gasteiger charge is 2.09. The zero-order chi connectivity index (χ0) is 11.4. The van der Waals surface area contributed by atoms with E-state index in [-0.39, 0.29) is 5.69 Å². The number of nitrogens with one attached hydrogen (secondary N) is 1. The molecular weight excluding hydrogens is 216 g/mol. The van der Waals surface area contributed by atoms with Crippen LogP contribution in [0.25, 0.3) is 0 Å². The number of rotatable bonds is 4. The van der Waals surface area contributed by atoms with Gasteiger partial charge >= 0.3 is 0 Å². The van der Waals surface area contributed by atoms with Crippen LogP contribution >= 0.6 is 11.6 Å². The van der Waals surface area contributed by atoms with Gasteiger partial charge in [0.25, 0.3) is 5.69 Å². The Bertz CT molecular complexity index is 366. The standard InChI is InChI=1S/C10H13ClN2O2/c1-7(2)12-6-8-3-4-9(13(14)15)5-10(8)11/h3-5,7,12H,6H2,1-2H3. The molecule has 5 heteroatoms. The summed E-state index contributed by atoms with van der Waals surface area (Å²) in [4.78, 5) is 10.0. The van der Waals surface area contributed by atoms with Crippen molar-refractivity contribution in [1.29, 1.82) is 0 Å². The first kappa shape index (κ1) is 11.9. The van der Waals surface area contributed by atoms with E-state index in [2.05, 4.69) is 5.32 Å². The smallest absolute Gasteiger partial charge is 0.270 e. The highest BCUT2D eigenvalue weighted by molar-refractivity contribution is 6.31. The van der Waals surface area contributed by atoms with Gasteiger partial charge in [-0.3, -0.25) is 10.1 Å². The van der Waals surface area contributed by atoms with Gasteiger partial charge in [-0.1, -0.05) is 25.4 Å². The quantitative estimate of drug-likeness (QED) is 0.637. The van der Waals surface area contributed by atoms with Crippen LogP contribution in [0.4, 0.5) is 5.69 Å². The van der Waals surface area contributed by atoms with Crippen LogP contribution in [0.5, 0.6) is 0 Å². The second-order valence-corrected chi connectivity index (χ2v) is 3.98. The molecule has 0 spiro atoms. The highest BCUT2D eigenvalue weighted by atomic mass is 35.5. The largest absolute Gasteiger partial charge is 0.310 e. The Balaban J connectivity index is 2.79. The van der Waals surface area contributed by atoms with Crippen molar-refractivity contribution in [2.24, 2.45) is 0 Å². The summed E-state index contributed by atoms with van der Waals surface area (Å²) in [5.74, 6) is 0. The Kier molecular flexibility index (Phi) is 4.05. The predicted octanol–water partition coefficient (Wildman–Crippen LogP) is 2.75. The van der Waals surface area contributed by atoms with Crippen molar-refractivity contribution in [1.82, 2.24) is 5.32 Å². The van der Waals surface area contributed by atoms with E-state index in [4.69, 9.17) is 11.6 Å². The molecule has 0 amide bonds. The molecule has 1 aromatic carbocycles. The molecule has 1 N–H and O–H groups in total. The lowest BCUT2D eigenvalue weighted by molar-refractivity contribution is -0.384. The molecule has 0 aliphatic rings. The van der Waals surface area contributed by atoms with Crippen LogP contribution < -0.4 is 5.32 Å². The van der Waals surface area contributed by atoms with Crippen LogP contribution in [0.2, 0.25) is 5.02 Å². The van der Waals surface area contributed by atoms with Crippen molar-refractivity contribution in [3.8, 4) is 0 Å². The molecule has 1 aromatic rings. The van der Waals surface area contributed by atoms with Gasteiger partial charge in [0.1, 0.15) is 0 Å². The lowest BCUT2D eigenvalue weighted by Gasteiger charge is -2.09. The summed E-state index contributed by atoms with van der Waals surface area (Å²) in [6, 6.07) is 4.87. The Labute approximate surface area is 93.4 Å². The molecule has 0 aromatic heterocycles. The number of benzene rings is 1. The maximum atomic E-state index is 10.5. The summed E-state index contributed by atoms with van der Waals surface area (Å²) < 4.78 is 0. The fourth-order valence-electron chi connectivity index (χ4n) is 1.11. The summed E-state index contributed by atoms with van der Waals surface area (Å²) >= 11 is 5.91. The predicted molar refractivity (Wildman–Crippen MR) is 60.1 cm³/mol. The third-order valence-corrected chi connectivity index (χ3v) is 2.30. The average molecular weight is 229 g/mol. The molecule has 1 rings (SSSR count). The Hall–Kier alpha value is -1.13. The molecule has 4 nitrogen and oxygen atoms in total. The molecule has 0 aliphatic heterocycles. The summed E-state index contributed by atoms with van der Waals surface area (Å²) in [6.07, 6.45) is 0. The van der Waals surface area contributed by atoms with Crippen molar-refractivity contribution in [3.05, 3.63) is 38.9 Å². The van der Waals surface area contributed by atoms with Crippen LogP contribution in [0, 0.1) is 10.1 Å². The maximum absolute atomic E-state index is 10.5. The van der Waals surface area contributed by atoms with Crippen molar-refractivity contribution in [2.75, 3.05) is 0 Å². The van der Waals surface area contributed by atoms with Gasteiger partial charge in [0.2, 0.25) is 0 Å². The van der Waals surface area contributed by atoms with Gasteiger partial charge in [-0.05, 0) is 11.6 Å². The van der Waals surface area contributed by atoms with E-state index in [0.29, 0.717) is 17.6 Å². The molecule has 0 radical (unpaired) electrons. The van der Waals surface area contributed by atoms with Gasteiger partial charge in [0.05, 0.1) is 9.95 Å². The number of hydrogen-bond acceptors (Lipinski definition) is 3. The van der Waals surface area contributed by atoms with Gasteiger partial charge < -0.3 is 5.32 Å². The monoisotopic (exact) mass is 228 g/mol. The van der Waals surface area contributed by atoms with E-state index >= 15 is 0 Å². The van der Waals surface area contributed by atoms with Crippen molar-refractivity contribution in [2.45, 2.75) is 26.4 Å². The third kappa shape index (κ3) is 3.49. The van der Waals surface area contributed by atoms with E-state index in [0.717, 1.165) is 5.56 Å². The number of nitrogens with zero attached hydrogens (tertiary/aromatic N) is 1. The van der Waals surface area contributed by atoms with E-state index < -0.39 is 4.92 Å². The second-order valence-electron chi connectivity index (χ2n) is 3.57. The summed E-state index contributed by atoms with van der Waals surface area (Å²) in [5.41, 5.74) is 0.893. The topological polar surface area (TPSA) is 55.2 Å². The SMILES string of the molecule is CC(C)NCc1ccc([N+](=O)[O-])cc1Cl. The minimum Gasteiger partial charge on any atom is -0.310 e. The molecule has 0 atom stereocenters. The Morgan fingerprint density at radius 3 is 2.67 bits per heavy atom. The Morgan fingerprint density at radius 2 is 2.20 bits per heavy atom. The summed E-state index contributed by atoms with van der Waals surface area (Å²) in [6.45, 7) is 4.67. The van der Waals surface area contributed by atoms with Gasteiger partial charge in [-0.15, -0.1) is 0 Å². The second kappa shape index (κ2) is 5.09. The van der Waals surface area contributed by atoms with Gasteiger partial charge in [0, 0.05) is 24.7 Å². The van der Waals surface area contributed by atoms with Gasteiger partial charge in [0.15, 0.2) is 0 Å². The number of nitro benzene ring substituents is 1.